The Hall–Kier alpha value is -4.31. The number of aliphatic carboxylic acids is 1. The van der Waals surface area contributed by atoms with Crippen LogP contribution in [0.2, 0.25) is 0 Å². The van der Waals surface area contributed by atoms with Crippen LogP contribution in [0.3, 0.4) is 0 Å². The third-order valence-corrected chi connectivity index (χ3v) is 5.30. The number of H-pyrrole nitrogens is 2. The molecule has 2 rings (SSSR count). The van der Waals surface area contributed by atoms with E-state index in [1.54, 1.807) is 0 Å². The number of amides is 4. The van der Waals surface area contributed by atoms with Crippen molar-refractivity contribution < 1.29 is 34.2 Å². The molecule has 0 aliphatic carbocycles. The van der Waals surface area contributed by atoms with Crippen LogP contribution in [0.25, 0.3) is 0 Å². The van der Waals surface area contributed by atoms with Gasteiger partial charge in [-0.1, -0.05) is 0 Å². The lowest BCUT2D eigenvalue weighted by Crippen LogP contribution is -2.58. The van der Waals surface area contributed by atoms with E-state index in [1.807, 2.05) is 0 Å². The number of aliphatic hydroxyl groups is 1. The second kappa shape index (κ2) is 13.7. The lowest BCUT2D eigenvalue weighted by Gasteiger charge is -2.25. The molecule has 2 aromatic heterocycles. The van der Waals surface area contributed by atoms with Gasteiger partial charge in [0.2, 0.25) is 23.6 Å². The number of hydrogen-bond acceptors (Lipinski definition) is 9. The largest absolute Gasteiger partial charge is 0.480 e. The van der Waals surface area contributed by atoms with Gasteiger partial charge in [0.25, 0.3) is 0 Å². The molecular weight excluding hydrogens is 490 g/mol. The summed E-state index contributed by atoms with van der Waals surface area (Å²) < 4.78 is 0. The molecule has 16 heteroatoms. The highest BCUT2D eigenvalue weighted by molar-refractivity contribution is 5.94. The third-order valence-electron chi connectivity index (χ3n) is 5.30. The average Bonchev–Trinajstić information content (AvgIpc) is 3.53. The summed E-state index contributed by atoms with van der Waals surface area (Å²) >= 11 is 0. The van der Waals surface area contributed by atoms with Gasteiger partial charge >= 0.3 is 5.97 Å². The molecule has 202 valence electrons. The van der Waals surface area contributed by atoms with Crippen molar-refractivity contribution in [2.45, 2.75) is 62.9 Å². The van der Waals surface area contributed by atoms with Crippen molar-refractivity contribution in [1.29, 1.82) is 0 Å². The smallest absolute Gasteiger partial charge is 0.328 e. The van der Waals surface area contributed by atoms with Crippen molar-refractivity contribution >= 4 is 29.6 Å². The highest BCUT2D eigenvalue weighted by Crippen LogP contribution is 2.05. The molecule has 0 aromatic carbocycles. The zero-order valence-electron chi connectivity index (χ0n) is 20.0. The number of aliphatic hydroxyl groups excluding tert-OH is 1. The molecule has 0 aliphatic heterocycles. The lowest BCUT2D eigenvalue weighted by molar-refractivity contribution is -0.145. The summed E-state index contributed by atoms with van der Waals surface area (Å²) in [6.07, 6.45) is 3.79. The van der Waals surface area contributed by atoms with Crippen LogP contribution in [0.1, 0.15) is 31.2 Å². The van der Waals surface area contributed by atoms with Crippen LogP contribution >= 0.6 is 0 Å². The van der Waals surface area contributed by atoms with Gasteiger partial charge in [-0.2, -0.15) is 0 Å². The predicted molar refractivity (Wildman–Crippen MR) is 126 cm³/mol. The molecule has 16 nitrogen and oxygen atoms in total. The summed E-state index contributed by atoms with van der Waals surface area (Å²) in [6.45, 7) is 1.17. The number of nitrogens with zero attached hydrogens (tertiary/aromatic N) is 2. The van der Waals surface area contributed by atoms with Crippen LogP contribution in [0.5, 0.6) is 0 Å². The number of aromatic amines is 2. The van der Waals surface area contributed by atoms with Crippen LogP contribution in [-0.2, 0) is 36.8 Å². The molecule has 0 spiro atoms. The number of carboxylic acids is 1. The minimum absolute atomic E-state index is 0.0517. The monoisotopic (exact) mass is 521 g/mol. The van der Waals surface area contributed by atoms with Gasteiger partial charge in [-0.15, -0.1) is 0 Å². The molecule has 0 radical (unpaired) electrons. The Morgan fingerprint density at radius 1 is 0.919 bits per heavy atom. The Bertz CT molecular complexity index is 1060. The van der Waals surface area contributed by atoms with E-state index in [-0.39, 0.29) is 25.7 Å². The van der Waals surface area contributed by atoms with Crippen molar-refractivity contribution in [1.82, 2.24) is 35.9 Å². The Morgan fingerprint density at radius 2 is 1.46 bits per heavy atom. The molecule has 0 saturated heterocycles. The van der Waals surface area contributed by atoms with Crippen LogP contribution in [-0.4, -0.2) is 90.0 Å². The number of rotatable bonds is 15. The fourth-order valence-corrected chi connectivity index (χ4v) is 3.30. The molecule has 5 unspecified atom stereocenters. The molecule has 0 aliphatic rings. The summed E-state index contributed by atoms with van der Waals surface area (Å²) in [7, 11) is 0. The second-order valence-electron chi connectivity index (χ2n) is 8.36. The van der Waals surface area contributed by atoms with E-state index < -0.39 is 59.9 Å². The maximum absolute atomic E-state index is 13.2. The number of aromatic nitrogens is 4. The minimum Gasteiger partial charge on any atom is -0.480 e. The maximum atomic E-state index is 13.2. The fourth-order valence-electron chi connectivity index (χ4n) is 3.30. The topological polar surface area (TPSA) is 271 Å². The Balaban J connectivity index is 2.18. The molecule has 0 bridgehead atoms. The van der Waals surface area contributed by atoms with Gasteiger partial charge in [0.05, 0.1) is 24.8 Å². The Kier molecular flexibility index (Phi) is 10.7. The molecule has 2 aromatic rings. The number of imidazole rings is 2. The quantitative estimate of drug-likeness (QED) is 0.111. The molecule has 5 atom stereocenters. The number of nitrogens with one attached hydrogen (secondary N) is 5. The number of carboxylic acid groups (broad SMARTS) is 1. The van der Waals surface area contributed by atoms with Gasteiger partial charge in [0, 0.05) is 43.0 Å². The number of carbonyl (C=O) groups is 5. The maximum Gasteiger partial charge on any atom is 0.328 e. The van der Waals surface area contributed by atoms with E-state index in [0.29, 0.717) is 11.4 Å². The summed E-state index contributed by atoms with van der Waals surface area (Å²) in [4.78, 5) is 74.7. The molecule has 4 amide bonds. The van der Waals surface area contributed by atoms with Crippen molar-refractivity contribution in [2.75, 3.05) is 0 Å². The van der Waals surface area contributed by atoms with E-state index >= 15 is 0 Å². The van der Waals surface area contributed by atoms with Crippen LogP contribution < -0.4 is 27.4 Å². The van der Waals surface area contributed by atoms with Crippen LogP contribution in [0.15, 0.2) is 25.0 Å². The van der Waals surface area contributed by atoms with Gasteiger partial charge in [0.15, 0.2) is 6.04 Å². The van der Waals surface area contributed by atoms with E-state index in [0.717, 1.165) is 0 Å². The predicted octanol–water partition coefficient (Wildman–Crippen LogP) is -3.57. The minimum atomic E-state index is -1.67. The van der Waals surface area contributed by atoms with E-state index in [4.69, 9.17) is 11.5 Å². The summed E-state index contributed by atoms with van der Waals surface area (Å²) in [5.41, 5.74) is 12.2. The molecule has 0 fully saturated rings. The molecule has 0 saturated carbocycles. The zero-order chi connectivity index (χ0) is 27.5. The lowest BCUT2D eigenvalue weighted by atomic mass is 10.1. The van der Waals surface area contributed by atoms with E-state index in [2.05, 4.69) is 35.9 Å². The van der Waals surface area contributed by atoms with Crippen LogP contribution in [0, 0.1) is 0 Å². The normalized spacial score (nSPS) is 15.0. The Labute approximate surface area is 211 Å². The van der Waals surface area contributed by atoms with Crippen molar-refractivity contribution in [3.63, 3.8) is 0 Å². The van der Waals surface area contributed by atoms with Gasteiger partial charge in [-0.3, -0.25) is 19.2 Å². The van der Waals surface area contributed by atoms with Gasteiger partial charge in [-0.25, -0.2) is 14.8 Å². The molecule has 11 N–H and O–H groups in total. The van der Waals surface area contributed by atoms with Crippen molar-refractivity contribution in [3.8, 4) is 0 Å². The molecular formula is C21H31N9O7. The second-order valence-corrected chi connectivity index (χ2v) is 8.36. The van der Waals surface area contributed by atoms with Gasteiger partial charge < -0.3 is 47.6 Å². The molecule has 37 heavy (non-hydrogen) atoms. The number of carbonyl (C=O) groups excluding carboxylic acids is 4. The van der Waals surface area contributed by atoms with E-state index in [9.17, 15) is 34.2 Å². The molecule has 2 heterocycles. The van der Waals surface area contributed by atoms with Gasteiger partial charge in [-0.05, 0) is 13.3 Å². The van der Waals surface area contributed by atoms with Gasteiger partial charge in [0.1, 0.15) is 12.1 Å². The van der Waals surface area contributed by atoms with Crippen molar-refractivity contribution in [2.24, 2.45) is 11.5 Å². The first-order chi connectivity index (χ1) is 17.5. The average molecular weight is 522 g/mol. The number of hydrogen-bond donors (Lipinski definition) is 9. The summed E-state index contributed by atoms with van der Waals surface area (Å²) in [6, 6.07) is -5.33. The first-order valence-electron chi connectivity index (χ1n) is 11.3. The Morgan fingerprint density at radius 3 is 1.95 bits per heavy atom. The van der Waals surface area contributed by atoms with Crippen molar-refractivity contribution in [3.05, 3.63) is 36.4 Å². The standard InChI is InChI=1S/C21H31N9O7/c1-10(31)17(21(36)37)30-19(34)14(2-3-16(23)32)28-20(35)15(5-12-7-25-9-27-12)29-18(33)13(22)4-11-6-24-8-26-11/h6-10,13-15,17,31H,2-5,22H2,1H3,(H2,23,32)(H,24,26)(H,25,27)(H,28,35)(H,29,33)(H,30,34)(H,36,37). The highest BCUT2D eigenvalue weighted by Gasteiger charge is 2.32. The zero-order valence-corrected chi connectivity index (χ0v) is 20.0. The van der Waals surface area contributed by atoms with E-state index in [1.165, 1.54) is 32.0 Å². The first-order valence-corrected chi connectivity index (χ1v) is 11.3. The first kappa shape index (κ1) is 28.9. The fraction of sp³-hybridized carbons (Fsp3) is 0.476. The highest BCUT2D eigenvalue weighted by atomic mass is 16.4. The number of nitrogens with two attached hydrogens (primary N) is 2. The third kappa shape index (κ3) is 9.34. The SMILES string of the molecule is CC(O)C(NC(=O)C(CCC(N)=O)NC(=O)C(Cc1cnc[nH]1)NC(=O)C(N)Cc1cnc[nH]1)C(=O)O. The number of primary amides is 1. The summed E-state index contributed by atoms with van der Waals surface area (Å²) in [5, 5.41) is 26.0. The summed E-state index contributed by atoms with van der Waals surface area (Å²) in [5.74, 6) is -4.70. The van der Waals surface area contributed by atoms with Crippen LogP contribution in [0.4, 0.5) is 0 Å².